The van der Waals surface area contributed by atoms with Gasteiger partial charge in [-0.05, 0) is 31.6 Å². The van der Waals surface area contributed by atoms with Crippen LogP contribution in [0, 0.1) is 11.8 Å². The van der Waals surface area contributed by atoms with Crippen molar-refractivity contribution >= 4 is 5.91 Å². The van der Waals surface area contributed by atoms with Crippen LogP contribution in [-0.4, -0.2) is 18.5 Å². The SMILES string of the molecule is CCCC(C)C(=O)NCC1CCCC(N)C1. The van der Waals surface area contributed by atoms with Crippen molar-refractivity contribution in [1.82, 2.24) is 5.32 Å². The fraction of sp³-hybridized carbons (Fsp3) is 0.923. The van der Waals surface area contributed by atoms with Gasteiger partial charge in [-0.15, -0.1) is 0 Å². The van der Waals surface area contributed by atoms with Crippen LogP contribution in [0.25, 0.3) is 0 Å². The van der Waals surface area contributed by atoms with Gasteiger partial charge in [0, 0.05) is 18.5 Å². The van der Waals surface area contributed by atoms with E-state index >= 15 is 0 Å². The molecule has 1 amide bonds. The summed E-state index contributed by atoms with van der Waals surface area (Å²) in [6, 6.07) is 0.351. The number of hydrogen-bond donors (Lipinski definition) is 2. The van der Waals surface area contributed by atoms with E-state index in [1.54, 1.807) is 0 Å². The normalized spacial score (nSPS) is 27.4. The van der Waals surface area contributed by atoms with Crippen molar-refractivity contribution in [2.45, 2.75) is 58.4 Å². The smallest absolute Gasteiger partial charge is 0.222 e. The molecule has 0 saturated heterocycles. The lowest BCUT2D eigenvalue weighted by Gasteiger charge is -2.27. The van der Waals surface area contributed by atoms with Gasteiger partial charge in [-0.25, -0.2) is 0 Å². The van der Waals surface area contributed by atoms with Gasteiger partial charge in [0.05, 0.1) is 0 Å². The molecule has 0 aromatic heterocycles. The molecule has 0 aromatic rings. The summed E-state index contributed by atoms with van der Waals surface area (Å²) in [7, 11) is 0. The summed E-state index contributed by atoms with van der Waals surface area (Å²) in [5.74, 6) is 0.963. The van der Waals surface area contributed by atoms with E-state index in [1.165, 1.54) is 12.8 Å². The van der Waals surface area contributed by atoms with Gasteiger partial charge in [-0.3, -0.25) is 4.79 Å². The van der Waals surface area contributed by atoms with Crippen LogP contribution < -0.4 is 11.1 Å². The summed E-state index contributed by atoms with van der Waals surface area (Å²) in [6.45, 7) is 4.94. The summed E-state index contributed by atoms with van der Waals surface area (Å²) in [5.41, 5.74) is 5.93. The molecule has 0 aromatic carbocycles. The number of carbonyl (C=O) groups is 1. The summed E-state index contributed by atoms with van der Waals surface area (Å²) >= 11 is 0. The van der Waals surface area contributed by atoms with E-state index in [0.717, 1.165) is 32.2 Å². The summed E-state index contributed by atoms with van der Waals surface area (Å²) in [5, 5.41) is 3.06. The Hall–Kier alpha value is -0.570. The Kier molecular flexibility index (Phi) is 5.81. The van der Waals surface area contributed by atoms with E-state index in [0.29, 0.717) is 12.0 Å². The molecule has 1 aliphatic rings. The molecule has 1 aliphatic carbocycles. The van der Waals surface area contributed by atoms with Gasteiger partial charge in [0.15, 0.2) is 0 Å². The molecule has 94 valence electrons. The minimum atomic E-state index is 0.155. The molecule has 3 N–H and O–H groups in total. The van der Waals surface area contributed by atoms with Gasteiger partial charge in [0.1, 0.15) is 0 Å². The van der Waals surface area contributed by atoms with Crippen LogP contribution in [0.3, 0.4) is 0 Å². The quantitative estimate of drug-likeness (QED) is 0.754. The van der Waals surface area contributed by atoms with Crippen LogP contribution in [0.2, 0.25) is 0 Å². The lowest BCUT2D eigenvalue weighted by Crippen LogP contribution is -2.37. The van der Waals surface area contributed by atoms with Crippen molar-refractivity contribution in [2.24, 2.45) is 17.6 Å². The van der Waals surface area contributed by atoms with Crippen molar-refractivity contribution in [1.29, 1.82) is 0 Å². The third-order valence-electron chi connectivity index (χ3n) is 3.56. The van der Waals surface area contributed by atoms with Crippen LogP contribution in [0.15, 0.2) is 0 Å². The van der Waals surface area contributed by atoms with Gasteiger partial charge in [-0.1, -0.05) is 26.7 Å². The molecule has 0 heterocycles. The lowest BCUT2D eigenvalue weighted by atomic mass is 9.86. The van der Waals surface area contributed by atoms with Crippen molar-refractivity contribution in [3.05, 3.63) is 0 Å². The van der Waals surface area contributed by atoms with Crippen molar-refractivity contribution < 1.29 is 4.79 Å². The topological polar surface area (TPSA) is 55.1 Å². The largest absolute Gasteiger partial charge is 0.356 e. The molecule has 0 aliphatic heterocycles. The zero-order valence-corrected chi connectivity index (χ0v) is 10.7. The maximum Gasteiger partial charge on any atom is 0.222 e. The third-order valence-corrected chi connectivity index (χ3v) is 3.56. The fourth-order valence-corrected chi connectivity index (χ4v) is 2.50. The van der Waals surface area contributed by atoms with E-state index in [1.807, 2.05) is 6.92 Å². The second-order valence-electron chi connectivity index (χ2n) is 5.23. The highest BCUT2D eigenvalue weighted by Gasteiger charge is 2.20. The third kappa shape index (κ3) is 4.52. The maximum absolute atomic E-state index is 11.7. The molecule has 1 saturated carbocycles. The predicted molar refractivity (Wildman–Crippen MR) is 67.0 cm³/mol. The second kappa shape index (κ2) is 6.89. The first kappa shape index (κ1) is 13.5. The van der Waals surface area contributed by atoms with Crippen LogP contribution in [0.4, 0.5) is 0 Å². The number of carbonyl (C=O) groups excluding carboxylic acids is 1. The number of nitrogens with two attached hydrogens (primary N) is 1. The molecule has 16 heavy (non-hydrogen) atoms. The average Bonchev–Trinajstić information content (AvgIpc) is 2.26. The molecule has 3 atom stereocenters. The second-order valence-corrected chi connectivity index (χ2v) is 5.23. The van der Waals surface area contributed by atoms with Crippen LogP contribution in [0.5, 0.6) is 0 Å². The molecule has 0 bridgehead atoms. The van der Waals surface area contributed by atoms with Crippen LogP contribution >= 0.6 is 0 Å². The molecule has 1 rings (SSSR count). The van der Waals surface area contributed by atoms with E-state index in [9.17, 15) is 4.79 Å². The van der Waals surface area contributed by atoms with Crippen molar-refractivity contribution in [3.8, 4) is 0 Å². The minimum Gasteiger partial charge on any atom is -0.356 e. The minimum absolute atomic E-state index is 0.155. The summed E-state index contributed by atoms with van der Waals surface area (Å²) in [6.07, 6.45) is 6.71. The zero-order valence-electron chi connectivity index (χ0n) is 10.7. The summed E-state index contributed by atoms with van der Waals surface area (Å²) < 4.78 is 0. The van der Waals surface area contributed by atoms with Crippen LogP contribution in [0.1, 0.15) is 52.4 Å². The number of nitrogens with one attached hydrogen (secondary N) is 1. The predicted octanol–water partition coefficient (Wildman–Crippen LogP) is 2.06. The Morgan fingerprint density at radius 3 is 2.88 bits per heavy atom. The maximum atomic E-state index is 11.7. The Morgan fingerprint density at radius 2 is 2.25 bits per heavy atom. The van der Waals surface area contributed by atoms with E-state index < -0.39 is 0 Å². The highest BCUT2D eigenvalue weighted by atomic mass is 16.1. The first-order valence-corrected chi connectivity index (χ1v) is 6.66. The van der Waals surface area contributed by atoms with Gasteiger partial charge < -0.3 is 11.1 Å². The molecule has 3 unspecified atom stereocenters. The van der Waals surface area contributed by atoms with E-state index in [-0.39, 0.29) is 11.8 Å². The first-order chi connectivity index (χ1) is 7.63. The Labute approximate surface area is 99.2 Å². The monoisotopic (exact) mass is 226 g/mol. The van der Waals surface area contributed by atoms with Gasteiger partial charge in [-0.2, -0.15) is 0 Å². The number of rotatable bonds is 5. The molecular formula is C13H26N2O. The fourth-order valence-electron chi connectivity index (χ4n) is 2.50. The molecule has 3 nitrogen and oxygen atoms in total. The number of amides is 1. The lowest BCUT2D eigenvalue weighted by molar-refractivity contribution is -0.124. The van der Waals surface area contributed by atoms with Crippen molar-refractivity contribution in [3.63, 3.8) is 0 Å². The van der Waals surface area contributed by atoms with Gasteiger partial charge in [0.2, 0.25) is 5.91 Å². The molecular weight excluding hydrogens is 200 g/mol. The summed E-state index contributed by atoms with van der Waals surface area (Å²) in [4.78, 5) is 11.7. The Bertz CT molecular complexity index is 218. The highest BCUT2D eigenvalue weighted by molar-refractivity contribution is 5.78. The molecule has 0 spiro atoms. The van der Waals surface area contributed by atoms with Crippen molar-refractivity contribution in [2.75, 3.05) is 6.54 Å². The van der Waals surface area contributed by atoms with E-state index in [2.05, 4.69) is 12.2 Å². The first-order valence-electron chi connectivity index (χ1n) is 6.66. The molecule has 1 fully saturated rings. The highest BCUT2D eigenvalue weighted by Crippen LogP contribution is 2.22. The van der Waals surface area contributed by atoms with Gasteiger partial charge in [0.25, 0.3) is 0 Å². The Balaban J connectivity index is 2.20. The molecule has 0 radical (unpaired) electrons. The standard InChI is InChI=1S/C13H26N2O/c1-3-5-10(2)13(16)15-9-11-6-4-7-12(14)8-11/h10-12H,3-9,14H2,1-2H3,(H,15,16). The zero-order chi connectivity index (χ0) is 12.0. The number of hydrogen-bond acceptors (Lipinski definition) is 2. The molecule has 3 heteroatoms. The van der Waals surface area contributed by atoms with Crippen LogP contribution in [-0.2, 0) is 4.79 Å². The Morgan fingerprint density at radius 1 is 1.50 bits per heavy atom. The van der Waals surface area contributed by atoms with E-state index in [4.69, 9.17) is 5.73 Å². The average molecular weight is 226 g/mol. The van der Waals surface area contributed by atoms with Gasteiger partial charge >= 0.3 is 0 Å².